The second-order valence-electron chi connectivity index (χ2n) is 6.67. The zero-order valence-corrected chi connectivity index (χ0v) is 12.8. The topological polar surface area (TPSA) is 69.9 Å². The van der Waals surface area contributed by atoms with Gasteiger partial charge >= 0.3 is 0 Å². The number of aromatic nitrogens is 1. The Morgan fingerprint density at radius 1 is 1.43 bits per heavy atom. The maximum atomic E-state index is 12.1. The summed E-state index contributed by atoms with van der Waals surface area (Å²) in [5.74, 6) is 0.560. The van der Waals surface area contributed by atoms with Crippen LogP contribution in [0.15, 0.2) is 17.1 Å². The third-order valence-electron chi connectivity index (χ3n) is 4.74. The second-order valence-corrected chi connectivity index (χ2v) is 6.67. The van der Waals surface area contributed by atoms with Crippen molar-refractivity contribution < 1.29 is 0 Å². The molecule has 1 aliphatic carbocycles. The van der Waals surface area contributed by atoms with Gasteiger partial charge in [-0.25, -0.2) is 0 Å². The lowest BCUT2D eigenvalue weighted by molar-refractivity contribution is 0.326. The minimum atomic E-state index is -0.0975. The first-order chi connectivity index (χ1) is 9.99. The van der Waals surface area contributed by atoms with Gasteiger partial charge in [0.25, 0.3) is 5.56 Å². The average molecular weight is 288 g/mol. The zero-order chi connectivity index (χ0) is 15.0. The summed E-state index contributed by atoms with van der Waals surface area (Å²) >= 11 is 0. The molecule has 0 bridgehead atoms. The first-order valence-electron chi connectivity index (χ1n) is 7.79. The standard InChI is InChI=1S/C16H24N4O/c1-11-9-12(10-20(14(11)21)13-3-4-13)19-15(17)16(2)5-7-18-8-6-16/h9-10,13,18H,3-8H2,1-2H3,(H2,17,19). The maximum absolute atomic E-state index is 12.1. The molecule has 0 amide bonds. The summed E-state index contributed by atoms with van der Waals surface area (Å²) < 4.78 is 1.83. The number of rotatable bonds is 3. The van der Waals surface area contributed by atoms with Crippen molar-refractivity contribution in [2.75, 3.05) is 18.4 Å². The normalized spacial score (nSPS) is 21.0. The Morgan fingerprint density at radius 2 is 2.10 bits per heavy atom. The minimum absolute atomic E-state index is 0.0975. The van der Waals surface area contributed by atoms with Crippen LogP contribution in [0.2, 0.25) is 0 Å². The highest BCUT2D eigenvalue weighted by Gasteiger charge is 2.32. The van der Waals surface area contributed by atoms with Crippen molar-refractivity contribution in [3.8, 4) is 0 Å². The van der Waals surface area contributed by atoms with Gasteiger partial charge in [0.2, 0.25) is 0 Å². The van der Waals surface area contributed by atoms with Gasteiger partial charge in [-0.15, -0.1) is 0 Å². The Labute approximate surface area is 125 Å². The Balaban J connectivity index is 1.81. The fraction of sp³-hybridized carbons (Fsp3) is 0.625. The van der Waals surface area contributed by atoms with Gasteiger partial charge in [0.15, 0.2) is 0 Å². The van der Waals surface area contributed by atoms with Gasteiger partial charge in [-0.05, 0) is 51.8 Å². The molecule has 2 fully saturated rings. The molecule has 1 aromatic rings. The van der Waals surface area contributed by atoms with E-state index in [0.29, 0.717) is 11.9 Å². The Kier molecular flexibility index (Phi) is 3.61. The highest BCUT2D eigenvalue weighted by atomic mass is 16.1. The average Bonchev–Trinajstić information content (AvgIpc) is 3.28. The fourth-order valence-corrected chi connectivity index (χ4v) is 2.96. The monoisotopic (exact) mass is 288 g/mol. The van der Waals surface area contributed by atoms with Gasteiger partial charge in [0.1, 0.15) is 5.84 Å². The molecule has 3 N–H and O–H groups in total. The van der Waals surface area contributed by atoms with E-state index >= 15 is 0 Å². The van der Waals surface area contributed by atoms with Gasteiger partial charge in [-0.1, -0.05) is 6.92 Å². The third-order valence-corrected chi connectivity index (χ3v) is 4.74. The van der Waals surface area contributed by atoms with E-state index in [1.54, 1.807) is 0 Å². The molecule has 0 aromatic carbocycles. The molecule has 1 aliphatic heterocycles. The van der Waals surface area contributed by atoms with Crippen molar-refractivity contribution in [3.05, 3.63) is 28.2 Å². The number of nitrogens with zero attached hydrogens (tertiary/aromatic N) is 1. The number of aryl methyl sites for hydroxylation is 1. The predicted molar refractivity (Wildman–Crippen MR) is 85.3 cm³/mol. The molecule has 0 radical (unpaired) electrons. The van der Waals surface area contributed by atoms with Gasteiger partial charge < -0.3 is 15.2 Å². The van der Waals surface area contributed by atoms with E-state index in [-0.39, 0.29) is 11.0 Å². The predicted octanol–water partition coefficient (Wildman–Crippen LogP) is 2.27. The van der Waals surface area contributed by atoms with Crippen LogP contribution < -0.4 is 16.2 Å². The number of hydrogen-bond donors (Lipinski definition) is 3. The molecule has 21 heavy (non-hydrogen) atoms. The van der Waals surface area contributed by atoms with E-state index in [0.717, 1.165) is 50.0 Å². The first-order valence-corrected chi connectivity index (χ1v) is 7.79. The molecule has 0 atom stereocenters. The van der Waals surface area contributed by atoms with E-state index in [4.69, 9.17) is 5.41 Å². The highest BCUT2D eigenvalue weighted by molar-refractivity contribution is 5.97. The molecule has 0 spiro atoms. The van der Waals surface area contributed by atoms with Crippen LogP contribution in [0.3, 0.4) is 0 Å². The summed E-state index contributed by atoms with van der Waals surface area (Å²) in [5, 5.41) is 15.0. The summed E-state index contributed by atoms with van der Waals surface area (Å²) in [7, 11) is 0. The maximum Gasteiger partial charge on any atom is 0.253 e. The molecule has 1 aromatic heterocycles. The summed E-state index contributed by atoms with van der Waals surface area (Å²) in [6.45, 7) is 5.91. The van der Waals surface area contributed by atoms with E-state index in [1.165, 1.54) is 0 Å². The number of hydrogen-bond acceptors (Lipinski definition) is 3. The van der Waals surface area contributed by atoms with Crippen molar-refractivity contribution in [1.82, 2.24) is 9.88 Å². The molecule has 5 heteroatoms. The molecule has 114 valence electrons. The third kappa shape index (κ3) is 2.88. The van der Waals surface area contributed by atoms with E-state index in [2.05, 4.69) is 17.6 Å². The number of anilines is 1. The van der Waals surface area contributed by atoms with Crippen LogP contribution in [0.4, 0.5) is 5.69 Å². The van der Waals surface area contributed by atoms with Crippen LogP contribution in [-0.4, -0.2) is 23.5 Å². The van der Waals surface area contributed by atoms with Crippen LogP contribution in [-0.2, 0) is 0 Å². The summed E-state index contributed by atoms with van der Waals surface area (Å²) in [6.07, 6.45) is 6.00. The first kappa shape index (κ1) is 14.3. The van der Waals surface area contributed by atoms with E-state index < -0.39 is 0 Å². The summed E-state index contributed by atoms with van der Waals surface area (Å²) in [5.41, 5.74) is 1.61. The molecule has 3 rings (SSSR count). The van der Waals surface area contributed by atoms with Crippen LogP contribution in [0.25, 0.3) is 0 Å². The van der Waals surface area contributed by atoms with Crippen LogP contribution >= 0.6 is 0 Å². The van der Waals surface area contributed by atoms with Gasteiger partial charge in [-0.3, -0.25) is 10.2 Å². The molecule has 1 saturated carbocycles. The molecular weight excluding hydrogens is 264 g/mol. The van der Waals surface area contributed by atoms with Crippen LogP contribution in [0.5, 0.6) is 0 Å². The lowest BCUT2D eigenvalue weighted by Gasteiger charge is -2.34. The van der Waals surface area contributed by atoms with Gasteiger partial charge in [0, 0.05) is 23.2 Å². The Hall–Kier alpha value is -1.62. The number of amidine groups is 1. The molecule has 2 aliphatic rings. The molecular formula is C16H24N4O. The Bertz CT molecular complexity index is 609. The smallest absolute Gasteiger partial charge is 0.253 e. The van der Waals surface area contributed by atoms with Crippen LogP contribution in [0.1, 0.15) is 44.2 Å². The zero-order valence-electron chi connectivity index (χ0n) is 12.8. The quantitative estimate of drug-likeness (QED) is 0.590. The fourth-order valence-electron chi connectivity index (χ4n) is 2.96. The van der Waals surface area contributed by atoms with Crippen molar-refractivity contribution in [2.24, 2.45) is 5.41 Å². The summed E-state index contributed by atoms with van der Waals surface area (Å²) in [4.78, 5) is 12.1. The SMILES string of the molecule is Cc1cc(NC(=N)C2(C)CCNCC2)cn(C2CC2)c1=O. The lowest BCUT2D eigenvalue weighted by atomic mass is 9.79. The highest BCUT2D eigenvalue weighted by Crippen LogP contribution is 2.34. The van der Waals surface area contributed by atoms with Crippen LogP contribution in [0, 0.1) is 17.7 Å². The number of piperidine rings is 1. The minimum Gasteiger partial charge on any atom is -0.343 e. The molecule has 5 nitrogen and oxygen atoms in total. The lowest BCUT2D eigenvalue weighted by Crippen LogP contribution is -2.42. The second kappa shape index (κ2) is 5.30. The Morgan fingerprint density at radius 3 is 2.71 bits per heavy atom. The van der Waals surface area contributed by atoms with Gasteiger partial charge in [0.05, 0.1) is 5.69 Å². The summed E-state index contributed by atoms with van der Waals surface area (Å²) in [6, 6.07) is 2.22. The van der Waals surface area contributed by atoms with Crippen molar-refractivity contribution in [1.29, 1.82) is 5.41 Å². The molecule has 0 unspecified atom stereocenters. The van der Waals surface area contributed by atoms with Gasteiger partial charge in [-0.2, -0.15) is 0 Å². The van der Waals surface area contributed by atoms with E-state index in [1.807, 2.05) is 23.8 Å². The van der Waals surface area contributed by atoms with Crippen molar-refractivity contribution in [3.63, 3.8) is 0 Å². The molecule has 2 heterocycles. The number of pyridine rings is 1. The van der Waals surface area contributed by atoms with Crippen molar-refractivity contribution >= 4 is 11.5 Å². The molecule has 1 saturated heterocycles. The largest absolute Gasteiger partial charge is 0.343 e. The number of nitrogens with one attached hydrogen (secondary N) is 3. The van der Waals surface area contributed by atoms with E-state index in [9.17, 15) is 4.79 Å². The van der Waals surface area contributed by atoms with Crippen molar-refractivity contribution in [2.45, 2.75) is 45.6 Å².